The van der Waals surface area contributed by atoms with Crippen LogP contribution >= 0.6 is 0 Å². The number of aromatic nitrogens is 3. The number of fused-ring (bicyclic) bond motifs is 4. The summed E-state index contributed by atoms with van der Waals surface area (Å²) in [5, 5.41) is 0. The molecule has 0 spiro atoms. The Labute approximate surface area is 152 Å². The molecular weight excluding hydrogens is 328 g/mol. The maximum absolute atomic E-state index is 13.1. The summed E-state index contributed by atoms with van der Waals surface area (Å²) in [6.07, 6.45) is 8.40. The lowest BCUT2D eigenvalue weighted by Gasteiger charge is -2.46. The van der Waals surface area contributed by atoms with Gasteiger partial charge in [0.05, 0.1) is 5.56 Å². The van der Waals surface area contributed by atoms with Gasteiger partial charge in [-0.3, -0.25) is 9.69 Å². The van der Waals surface area contributed by atoms with Crippen LogP contribution in [0.25, 0.3) is 11.1 Å². The minimum absolute atomic E-state index is 0.103. The highest BCUT2D eigenvalue weighted by Crippen LogP contribution is 2.37. The van der Waals surface area contributed by atoms with Gasteiger partial charge in [0, 0.05) is 68.5 Å². The fraction of sp³-hybridized carbons (Fsp3) is 0.550. The molecule has 2 atom stereocenters. The molecule has 2 fully saturated rings. The van der Waals surface area contributed by atoms with Gasteiger partial charge < -0.3 is 9.30 Å². The van der Waals surface area contributed by atoms with E-state index in [1.54, 1.807) is 12.4 Å². The molecule has 6 nitrogen and oxygen atoms in total. The molecule has 2 aromatic heterocycles. The van der Waals surface area contributed by atoms with Crippen LogP contribution in [0.15, 0.2) is 35.6 Å². The fourth-order valence-electron chi connectivity index (χ4n) is 4.99. The second kappa shape index (κ2) is 6.59. The Bertz CT molecular complexity index is 845. The average molecular weight is 352 g/mol. The fourth-order valence-corrected chi connectivity index (χ4v) is 4.99. The van der Waals surface area contributed by atoms with E-state index in [-0.39, 0.29) is 5.56 Å². The Hall–Kier alpha value is -2.05. The van der Waals surface area contributed by atoms with Crippen LogP contribution in [-0.2, 0) is 11.3 Å². The second-order valence-electron chi connectivity index (χ2n) is 7.81. The van der Waals surface area contributed by atoms with Crippen molar-refractivity contribution in [2.45, 2.75) is 37.8 Å². The summed E-state index contributed by atoms with van der Waals surface area (Å²) in [5.74, 6) is 1.02. The van der Waals surface area contributed by atoms with E-state index < -0.39 is 0 Å². The highest BCUT2D eigenvalue weighted by molar-refractivity contribution is 5.60. The summed E-state index contributed by atoms with van der Waals surface area (Å²) in [4.78, 5) is 23.9. The molecule has 136 valence electrons. The summed E-state index contributed by atoms with van der Waals surface area (Å²) in [6, 6.07) is 4.76. The van der Waals surface area contributed by atoms with Gasteiger partial charge >= 0.3 is 0 Å². The van der Waals surface area contributed by atoms with Crippen LogP contribution in [0, 0.1) is 5.92 Å². The molecule has 2 saturated heterocycles. The van der Waals surface area contributed by atoms with Crippen LogP contribution in [0.4, 0.5) is 0 Å². The number of hydrogen-bond acceptors (Lipinski definition) is 5. The molecule has 0 radical (unpaired) electrons. The number of likely N-dealkylation sites (tertiary alicyclic amines) is 1. The molecule has 5 heterocycles. The molecule has 0 saturated carbocycles. The zero-order valence-corrected chi connectivity index (χ0v) is 14.9. The Morgan fingerprint density at radius 1 is 1.04 bits per heavy atom. The highest BCUT2D eigenvalue weighted by Gasteiger charge is 2.37. The van der Waals surface area contributed by atoms with E-state index in [1.807, 2.05) is 10.6 Å². The van der Waals surface area contributed by atoms with Crippen LogP contribution in [-0.4, -0.2) is 51.8 Å². The van der Waals surface area contributed by atoms with Gasteiger partial charge in [-0.15, -0.1) is 0 Å². The zero-order valence-electron chi connectivity index (χ0n) is 14.9. The van der Waals surface area contributed by atoms with E-state index in [4.69, 9.17) is 4.74 Å². The third-order valence-corrected chi connectivity index (χ3v) is 6.21. The summed E-state index contributed by atoms with van der Waals surface area (Å²) in [5.41, 5.74) is 2.80. The highest BCUT2D eigenvalue weighted by atomic mass is 16.5. The molecule has 0 unspecified atom stereocenters. The van der Waals surface area contributed by atoms with Gasteiger partial charge in [0.25, 0.3) is 5.56 Å². The van der Waals surface area contributed by atoms with Crippen molar-refractivity contribution in [3.8, 4) is 11.1 Å². The molecule has 0 N–H and O–H groups in total. The summed E-state index contributed by atoms with van der Waals surface area (Å²) < 4.78 is 7.55. The summed E-state index contributed by atoms with van der Waals surface area (Å²) >= 11 is 0. The number of ether oxygens (including phenoxy) is 1. The monoisotopic (exact) mass is 352 g/mol. The van der Waals surface area contributed by atoms with E-state index in [2.05, 4.69) is 20.9 Å². The Balaban J connectivity index is 1.46. The normalized spacial score (nSPS) is 26.5. The number of nitrogens with zero attached hydrogens (tertiary/aromatic N) is 4. The van der Waals surface area contributed by atoms with Gasteiger partial charge in [0.1, 0.15) is 6.33 Å². The first-order valence-corrected chi connectivity index (χ1v) is 9.60. The predicted octanol–water partition coefficient (Wildman–Crippen LogP) is 1.90. The van der Waals surface area contributed by atoms with Crippen molar-refractivity contribution in [1.29, 1.82) is 0 Å². The van der Waals surface area contributed by atoms with E-state index in [0.29, 0.717) is 23.4 Å². The van der Waals surface area contributed by atoms with Crippen molar-refractivity contribution in [2.75, 3.05) is 26.3 Å². The lowest BCUT2D eigenvalue weighted by Crippen LogP contribution is -2.51. The molecule has 6 heteroatoms. The van der Waals surface area contributed by atoms with Crippen molar-refractivity contribution in [3.05, 3.63) is 46.9 Å². The SMILES string of the molecule is O=c1c(-c2cncnc2)ccc2n1C[C@@H]1C[C@@H]2CN(C2CCOCC2)C1. The van der Waals surface area contributed by atoms with Gasteiger partial charge in [0.15, 0.2) is 0 Å². The van der Waals surface area contributed by atoms with Crippen LogP contribution in [0.2, 0.25) is 0 Å². The van der Waals surface area contributed by atoms with Crippen molar-refractivity contribution in [1.82, 2.24) is 19.4 Å². The molecule has 2 bridgehead atoms. The summed E-state index contributed by atoms with van der Waals surface area (Å²) in [7, 11) is 0. The van der Waals surface area contributed by atoms with Crippen molar-refractivity contribution in [3.63, 3.8) is 0 Å². The second-order valence-corrected chi connectivity index (χ2v) is 7.81. The molecule has 5 rings (SSSR count). The van der Waals surface area contributed by atoms with Crippen LogP contribution in [0.5, 0.6) is 0 Å². The van der Waals surface area contributed by atoms with Gasteiger partial charge in [-0.25, -0.2) is 9.97 Å². The van der Waals surface area contributed by atoms with Gasteiger partial charge in [0.2, 0.25) is 0 Å². The average Bonchev–Trinajstić information content (AvgIpc) is 2.70. The summed E-state index contributed by atoms with van der Waals surface area (Å²) in [6.45, 7) is 4.76. The smallest absolute Gasteiger partial charge is 0.258 e. The lowest BCUT2D eigenvalue weighted by molar-refractivity contribution is 0.00589. The maximum Gasteiger partial charge on any atom is 0.258 e. The predicted molar refractivity (Wildman–Crippen MR) is 98.0 cm³/mol. The van der Waals surface area contributed by atoms with Crippen molar-refractivity contribution in [2.24, 2.45) is 5.92 Å². The van der Waals surface area contributed by atoms with Crippen LogP contribution < -0.4 is 5.56 Å². The molecule has 26 heavy (non-hydrogen) atoms. The Morgan fingerprint density at radius 2 is 1.85 bits per heavy atom. The standard InChI is InChI=1S/C20H24N4O2/c25-20-18(16-8-21-13-22-9-16)1-2-19-15-7-14(11-24(19)20)10-23(12-15)17-3-5-26-6-4-17/h1-2,8-9,13-15,17H,3-7,10-12H2/t14-,15-/m1/s1. The zero-order chi connectivity index (χ0) is 17.5. The first kappa shape index (κ1) is 16.1. The third kappa shape index (κ3) is 2.77. The Morgan fingerprint density at radius 3 is 2.65 bits per heavy atom. The van der Waals surface area contributed by atoms with Crippen LogP contribution in [0.3, 0.4) is 0 Å². The molecule has 3 aliphatic heterocycles. The molecular formula is C20H24N4O2. The topological polar surface area (TPSA) is 60.2 Å². The number of piperidine rings is 1. The van der Waals surface area contributed by atoms with E-state index >= 15 is 0 Å². The van der Waals surface area contributed by atoms with Crippen LogP contribution in [0.1, 0.15) is 30.9 Å². The number of hydrogen-bond donors (Lipinski definition) is 0. The largest absolute Gasteiger partial charge is 0.381 e. The Kier molecular flexibility index (Phi) is 4.10. The molecule has 3 aliphatic rings. The molecule has 0 aliphatic carbocycles. The van der Waals surface area contributed by atoms with E-state index in [0.717, 1.165) is 51.3 Å². The van der Waals surface area contributed by atoms with Gasteiger partial charge in [-0.05, 0) is 37.3 Å². The van der Waals surface area contributed by atoms with Gasteiger partial charge in [-0.2, -0.15) is 0 Å². The van der Waals surface area contributed by atoms with E-state index in [1.165, 1.54) is 18.4 Å². The number of rotatable bonds is 2. The molecule has 0 amide bonds. The quantitative estimate of drug-likeness (QED) is 0.826. The first-order valence-electron chi connectivity index (χ1n) is 9.60. The van der Waals surface area contributed by atoms with E-state index in [9.17, 15) is 4.79 Å². The lowest BCUT2D eigenvalue weighted by atomic mass is 9.81. The minimum atomic E-state index is 0.103. The van der Waals surface area contributed by atoms with Gasteiger partial charge in [-0.1, -0.05) is 0 Å². The maximum atomic E-state index is 13.1. The van der Waals surface area contributed by atoms with Crippen molar-refractivity contribution < 1.29 is 4.74 Å². The number of pyridine rings is 1. The minimum Gasteiger partial charge on any atom is -0.381 e. The third-order valence-electron chi connectivity index (χ3n) is 6.21. The van der Waals surface area contributed by atoms with Crippen molar-refractivity contribution >= 4 is 0 Å². The molecule has 2 aromatic rings. The molecule has 0 aromatic carbocycles. The first-order chi connectivity index (χ1) is 12.8.